The maximum atomic E-state index is 12.9. The number of carbonyl (C=O) groups is 1. The maximum Gasteiger partial charge on any atom is 0.270 e. The van der Waals surface area contributed by atoms with E-state index in [1.807, 2.05) is 12.1 Å². The SMILES string of the molecule is CCCCc1ccc(N2C(=O)/C(=C/c3ccc(O)c(OC)c3)SC2=S)cc1. The molecule has 1 heterocycles. The quantitative estimate of drug-likeness (QED) is 0.538. The molecule has 1 amide bonds. The van der Waals surface area contributed by atoms with Gasteiger partial charge in [0.25, 0.3) is 5.91 Å². The van der Waals surface area contributed by atoms with Crippen LogP contribution in [0.15, 0.2) is 47.4 Å². The number of thioether (sulfide) groups is 1. The number of hydrogen-bond donors (Lipinski definition) is 1. The molecule has 1 aliphatic rings. The second-order valence-electron chi connectivity index (χ2n) is 6.22. The molecule has 1 fully saturated rings. The van der Waals surface area contributed by atoms with E-state index in [-0.39, 0.29) is 11.7 Å². The second-order valence-corrected chi connectivity index (χ2v) is 7.89. The van der Waals surface area contributed by atoms with Gasteiger partial charge in [0.2, 0.25) is 0 Å². The number of ether oxygens (including phenoxy) is 1. The molecule has 2 aromatic rings. The van der Waals surface area contributed by atoms with Crippen molar-refractivity contribution in [2.24, 2.45) is 0 Å². The summed E-state index contributed by atoms with van der Waals surface area (Å²) in [5, 5.41) is 9.71. The number of unbranched alkanes of at least 4 members (excludes halogenated alkanes) is 1. The number of nitrogens with zero attached hydrogens (tertiary/aromatic N) is 1. The fourth-order valence-corrected chi connectivity index (χ4v) is 4.12. The minimum Gasteiger partial charge on any atom is -0.504 e. The van der Waals surface area contributed by atoms with E-state index < -0.39 is 0 Å². The molecule has 1 saturated heterocycles. The standard InChI is InChI=1S/C21H21NO3S2/c1-3-4-5-14-6-9-16(10-7-14)22-20(24)19(27-21(22)26)13-15-8-11-17(23)18(12-15)25-2/h6-13,23H,3-5H2,1-2H3/b19-13-. The van der Waals surface area contributed by atoms with Crippen molar-refractivity contribution < 1.29 is 14.6 Å². The van der Waals surface area contributed by atoms with E-state index in [0.29, 0.717) is 15.0 Å². The predicted octanol–water partition coefficient (Wildman–Crippen LogP) is 5.15. The molecule has 0 bridgehead atoms. The molecule has 1 N–H and O–H groups in total. The molecule has 0 aromatic heterocycles. The van der Waals surface area contributed by atoms with Crippen LogP contribution in [-0.2, 0) is 11.2 Å². The Bertz CT molecular complexity index is 891. The number of carbonyl (C=O) groups excluding carboxylic acids is 1. The van der Waals surface area contributed by atoms with E-state index in [2.05, 4.69) is 19.1 Å². The molecular formula is C21H21NO3S2. The number of aryl methyl sites for hydroxylation is 1. The fourth-order valence-electron chi connectivity index (χ4n) is 2.82. The lowest BCUT2D eigenvalue weighted by Crippen LogP contribution is -2.27. The Morgan fingerprint density at radius 2 is 1.96 bits per heavy atom. The molecule has 1 aliphatic heterocycles. The topological polar surface area (TPSA) is 49.8 Å². The van der Waals surface area contributed by atoms with Crippen molar-refractivity contribution in [2.45, 2.75) is 26.2 Å². The molecule has 2 aromatic carbocycles. The predicted molar refractivity (Wildman–Crippen MR) is 115 cm³/mol. The minimum atomic E-state index is -0.140. The molecular weight excluding hydrogens is 378 g/mol. The molecule has 0 radical (unpaired) electrons. The van der Waals surface area contributed by atoms with Gasteiger partial charge >= 0.3 is 0 Å². The number of anilines is 1. The van der Waals surface area contributed by atoms with Crippen LogP contribution < -0.4 is 9.64 Å². The lowest BCUT2D eigenvalue weighted by molar-refractivity contribution is -0.113. The number of phenolic OH excluding ortho intramolecular Hbond substituents is 1. The summed E-state index contributed by atoms with van der Waals surface area (Å²) in [5.74, 6) is 0.283. The summed E-state index contributed by atoms with van der Waals surface area (Å²) in [6, 6.07) is 13.0. The minimum absolute atomic E-state index is 0.0605. The zero-order valence-corrected chi connectivity index (χ0v) is 16.9. The lowest BCUT2D eigenvalue weighted by Gasteiger charge is -2.15. The number of aromatic hydroxyl groups is 1. The summed E-state index contributed by atoms with van der Waals surface area (Å²) >= 11 is 6.70. The van der Waals surface area contributed by atoms with Crippen molar-refractivity contribution in [3.05, 3.63) is 58.5 Å². The van der Waals surface area contributed by atoms with Gasteiger partial charge in [0.1, 0.15) is 0 Å². The molecule has 140 valence electrons. The number of rotatable bonds is 6. The number of hydrogen-bond acceptors (Lipinski definition) is 5. The molecule has 0 unspecified atom stereocenters. The zero-order chi connectivity index (χ0) is 19.4. The Kier molecular flexibility index (Phi) is 6.19. The summed E-state index contributed by atoms with van der Waals surface area (Å²) < 4.78 is 5.63. The van der Waals surface area contributed by atoms with Crippen molar-refractivity contribution in [3.63, 3.8) is 0 Å². The van der Waals surface area contributed by atoms with Crippen LogP contribution in [0, 0.1) is 0 Å². The molecule has 4 nitrogen and oxygen atoms in total. The van der Waals surface area contributed by atoms with Crippen molar-refractivity contribution in [1.29, 1.82) is 0 Å². The first kappa shape index (κ1) is 19.5. The maximum absolute atomic E-state index is 12.9. The summed E-state index contributed by atoms with van der Waals surface area (Å²) in [5.41, 5.74) is 2.81. The Labute approximate surface area is 168 Å². The number of amides is 1. The smallest absolute Gasteiger partial charge is 0.270 e. The number of phenols is 1. The van der Waals surface area contributed by atoms with E-state index in [9.17, 15) is 9.90 Å². The fraction of sp³-hybridized carbons (Fsp3) is 0.238. The Morgan fingerprint density at radius 3 is 2.63 bits per heavy atom. The van der Waals surface area contributed by atoms with Crippen molar-refractivity contribution >= 4 is 46.0 Å². The summed E-state index contributed by atoms with van der Waals surface area (Å²) in [7, 11) is 1.49. The van der Waals surface area contributed by atoms with Crippen molar-refractivity contribution in [2.75, 3.05) is 12.0 Å². The molecule has 27 heavy (non-hydrogen) atoms. The van der Waals surface area contributed by atoms with Gasteiger partial charge in [-0.1, -0.05) is 55.5 Å². The number of methoxy groups -OCH3 is 1. The van der Waals surface area contributed by atoms with Crippen molar-refractivity contribution in [1.82, 2.24) is 0 Å². The van der Waals surface area contributed by atoms with Crippen LogP contribution in [0.25, 0.3) is 6.08 Å². The number of benzene rings is 2. The van der Waals surface area contributed by atoms with E-state index in [1.165, 1.54) is 24.4 Å². The van der Waals surface area contributed by atoms with Crippen LogP contribution in [0.4, 0.5) is 5.69 Å². The van der Waals surface area contributed by atoms with Crippen molar-refractivity contribution in [3.8, 4) is 11.5 Å². The number of thiocarbonyl (C=S) groups is 1. The highest BCUT2D eigenvalue weighted by Crippen LogP contribution is 2.37. The highest BCUT2D eigenvalue weighted by molar-refractivity contribution is 8.27. The van der Waals surface area contributed by atoms with E-state index >= 15 is 0 Å². The third kappa shape index (κ3) is 4.34. The average molecular weight is 400 g/mol. The highest BCUT2D eigenvalue weighted by Gasteiger charge is 2.33. The van der Waals surface area contributed by atoms with Gasteiger partial charge in [-0.15, -0.1) is 0 Å². The Morgan fingerprint density at radius 1 is 1.22 bits per heavy atom. The molecule has 0 saturated carbocycles. The first-order chi connectivity index (χ1) is 13.0. The Balaban J connectivity index is 1.82. The van der Waals surface area contributed by atoms with Gasteiger partial charge in [0.15, 0.2) is 15.8 Å². The van der Waals surface area contributed by atoms with E-state index in [4.69, 9.17) is 17.0 Å². The lowest BCUT2D eigenvalue weighted by atomic mass is 10.1. The van der Waals surface area contributed by atoms with Gasteiger partial charge in [-0.05, 0) is 54.3 Å². The van der Waals surface area contributed by atoms with Gasteiger partial charge in [-0.25, -0.2) is 0 Å². The monoisotopic (exact) mass is 399 g/mol. The largest absolute Gasteiger partial charge is 0.504 e. The van der Waals surface area contributed by atoms with Crippen LogP contribution in [0.5, 0.6) is 11.5 Å². The van der Waals surface area contributed by atoms with Gasteiger partial charge in [0.05, 0.1) is 17.7 Å². The average Bonchev–Trinajstić information content (AvgIpc) is 2.95. The molecule has 0 aliphatic carbocycles. The van der Waals surface area contributed by atoms with Crippen LogP contribution >= 0.6 is 24.0 Å². The van der Waals surface area contributed by atoms with Gasteiger partial charge in [-0.2, -0.15) is 0 Å². The third-order valence-electron chi connectivity index (χ3n) is 4.31. The third-order valence-corrected chi connectivity index (χ3v) is 5.61. The van der Waals surface area contributed by atoms with Gasteiger partial charge in [-0.3, -0.25) is 9.69 Å². The molecule has 3 rings (SSSR count). The molecule has 6 heteroatoms. The first-order valence-electron chi connectivity index (χ1n) is 8.77. The van der Waals surface area contributed by atoms with Crippen LogP contribution in [0.1, 0.15) is 30.9 Å². The zero-order valence-electron chi connectivity index (χ0n) is 15.3. The van der Waals surface area contributed by atoms with Gasteiger partial charge < -0.3 is 9.84 Å². The normalized spacial score (nSPS) is 15.6. The summed E-state index contributed by atoms with van der Waals surface area (Å²) in [6.45, 7) is 2.17. The van der Waals surface area contributed by atoms with Crippen LogP contribution in [0.3, 0.4) is 0 Å². The van der Waals surface area contributed by atoms with Gasteiger partial charge in [0, 0.05) is 0 Å². The van der Waals surface area contributed by atoms with E-state index in [1.54, 1.807) is 29.2 Å². The van der Waals surface area contributed by atoms with Crippen LogP contribution in [-0.4, -0.2) is 22.4 Å². The van der Waals surface area contributed by atoms with Crippen LogP contribution in [0.2, 0.25) is 0 Å². The highest BCUT2D eigenvalue weighted by atomic mass is 32.2. The molecule has 0 atom stereocenters. The summed E-state index contributed by atoms with van der Waals surface area (Å²) in [6.07, 6.45) is 5.11. The Hall–Kier alpha value is -2.31. The summed E-state index contributed by atoms with van der Waals surface area (Å²) in [4.78, 5) is 15.0. The van der Waals surface area contributed by atoms with E-state index in [0.717, 1.165) is 30.5 Å². The molecule has 0 spiro atoms. The first-order valence-corrected chi connectivity index (χ1v) is 10.00. The second kappa shape index (κ2) is 8.59.